The first-order chi connectivity index (χ1) is 14.8. The van der Waals surface area contributed by atoms with Crippen molar-refractivity contribution in [2.45, 2.75) is 12.5 Å². The normalized spacial score (nSPS) is 15.5. The number of ether oxygens (including phenoxy) is 2. The topological polar surface area (TPSA) is 88.2 Å². The molecule has 0 spiro atoms. The van der Waals surface area contributed by atoms with Crippen LogP contribution in [0.1, 0.15) is 18.0 Å². The molecule has 1 aliphatic rings. The van der Waals surface area contributed by atoms with Gasteiger partial charge in [0.05, 0.1) is 32.2 Å². The molecular weight excluding hydrogens is 418 g/mol. The largest absolute Gasteiger partial charge is 0.497 e. The van der Waals surface area contributed by atoms with Crippen molar-refractivity contribution in [2.24, 2.45) is 0 Å². The molecule has 0 saturated carbocycles. The van der Waals surface area contributed by atoms with Gasteiger partial charge in [-0.2, -0.15) is 0 Å². The lowest BCUT2D eigenvalue weighted by Crippen LogP contribution is -2.49. The maximum Gasteiger partial charge on any atom is 0.224 e. The molecule has 3 rings (SSSR count). The van der Waals surface area contributed by atoms with Crippen molar-refractivity contribution < 1.29 is 22.7 Å². The summed E-state index contributed by atoms with van der Waals surface area (Å²) in [7, 11) is -0.280. The Bertz CT molecular complexity index is 986. The second-order valence-corrected chi connectivity index (χ2v) is 9.24. The maximum absolute atomic E-state index is 13.0. The van der Waals surface area contributed by atoms with E-state index < -0.39 is 16.1 Å². The second kappa shape index (κ2) is 10.0. The molecule has 168 valence electrons. The van der Waals surface area contributed by atoms with Gasteiger partial charge in [0.1, 0.15) is 11.5 Å². The molecule has 0 radical (unpaired) electrons. The Labute approximate surface area is 183 Å². The number of anilines is 1. The standard InChI is InChI=1S/C22H29N3O5S/c1-29-18-10-8-17(9-11-18)19(23-31(3,27)28)16-22(26)25-14-12-24(13-15-25)20-6-4-5-7-21(20)30-2/h4-11,19,23H,12-16H2,1-3H3/t19-/m1/s1. The average Bonchev–Trinajstić information content (AvgIpc) is 2.78. The predicted octanol–water partition coefficient (Wildman–Crippen LogP) is 2.03. The molecule has 1 heterocycles. The van der Waals surface area contributed by atoms with E-state index in [1.54, 1.807) is 43.4 Å². The Hall–Kier alpha value is -2.78. The summed E-state index contributed by atoms with van der Waals surface area (Å²) in [5.41, 5.74) is 1.72. The van der Waals surface area contributed by atoms with Crippen molar-refractivity contribution in [1.29, 1.82) is 0 Å². The van der Waals surface area contributed by atoms with E-state index >= 15 is 0 Å². The molecule has 1 saturated heterocycles. The molecule has 0 aromatic heterocycles. The number of rotatable bonds is 8. The number of methoxy groups -OCH3 is 2. The van der Waals surface area contributed by atoms with E-state index in [1.165, 1.54) is 0 Å². The number of amides is 1. The highest BCUT2D eigenvalue weighted by Gasteiger charge is 2.26. The minimum atomic E-state index is -3.49. The SMILES string of the molecule is COc1ccc([C@@H](CC(=O)N2CCN(c3ccccc3OC)CC2)NS(C)(=O)=O)cc1. The Kier molecular flexibility index (Phi) is 7.40. The monoisotopic (exact) mass is 447 g/mol. The Balaban J connectivity index is 1.66. The third-order valence-corrected chi connectivity index (χ3v) is 6.02. The zero-order chi connectivity index (χ0) is 22.4. The summed E-state index contributed by atoms with van der Waals surface area (Å²) in [4.78, 5) is 17.0. The van der Waals surface area contributed by atoms with Gasteiger partial charge in [-0.15, -0.1) is 0 Å². The van der Waals surface area contributed by atoms with Gasteiger partial charge >= 0.3 is 0 Å². The fraction of sp³-hybridized carbons (Fsp3) is 0.409. The van der Waals surface area contributed by atoms with Crippen LogP contribution in [0.4, 0.5) is 5.69 Å². The van der Waals surface area contributed by atoms with Crippen LogP contribution >= 0.6 is 0 Å². The van der Waals surface area contributed by atoms with Crippen molar-refractivity contribution in [3.05, 3.63) is 54.1 Å². The average molecular weight is 448 g/mol. The number of sulfonamides is 1. The summed E-state index contributed by atoms with van der Waals surface area (Å²) in [6.07, 6.45) is 1.15. The second-order valence-electron chi connectivity index (χ2n) is 7.46. The third-order valence-electron chi connectivity index (χ3n) is 5.31. The molecule has 1 amide bonds. The zero-order valence-corrected chi connectivity index (χ0v) is 18.9. The van der Waals surface area contributed by atoms with Crippen LogP contribution in [0.25, 0.3) is 0 Å². The van der Waals surface area contributed by atoms with E-state index in [-0.39, 0.29) is 12.3 Å². The number of hydrogen-bond donors (Lipinski definition) is 1. The van der Waals surface area contributed by atoms with Gasteiger partial charge in [-0.3, -0.25) is 4.79 Å². The highest BCUT2D eigenvalue weighted by Crippen LogP contribution is 2.29. The smallest absolute Gasteiger partial charge is 0.224 e. The first-order valence-electron chi connectivity index (χ1n) is 10.1. The molecule has 0 unspecified atom stereocenters. The van der Waals surface area contributed by atoms with Crippen LogP contribution in [0, 0.1) is 0 Å². The summed E-state index contributed by atoms with van der Waals surface area (Å²) in [5.74, 6) is 1.39. The number of carbonyl (C=O) groups is 1. The molecule has 0 aliphatic carbocycles. The molecule has 1 N–H and O–H groups in total. The molecular formula is C22H29N3O5S. The summed E-state index contributed by atoms with van der Waals surface area (Å²) >= 11 is 0. The molecule has 2 aromatic rings. The van der Waals surface area contributed by atoms with E-state index in [4.69, 9.17) is 9.47 Å². The van der Waals surface area contributed by atoms with E-state index in [0.717, 1.165) is 17.7 Å². The molecule has 1 fully saturated rings. The van der Waals surface area contributed by atoms with Crippen LogP contribution in [-0.2, 0) is 14.8 Å². The number of carbonyl (C=O) groups excluding carboxylic acids is 1. The molecule has 8 nitrogen and oxygen atoms in total. The number of nitrogens with one attached hydrogen (secondary N) is 1. The Morgan fingerprint density at radius 2 is 1.65 bits per heavy atom. The van der Waals surface area contributed by atoms with Crippen LogP contribution in [0.2, 0.25) is 0 Å². The van der Waals surface area contributed by atoms with Crippen molar-refractivity contribution in [3.8, 4) is 11.5 Å². The summed E-state index contributed by atoms with van der Waals surface area (Å²) in [6, 6.07) is 14.2. The highest BCUT2D eigenvalue weighted by atomic mass is 32.2. The predicted molar refractivity (Wildman–Crippen MR) is 120 cm³/mol. The van der Waals surface area contributed by atoms with Gasteiger partial charge in [-0.05, 0) is 29.8 Å². The van der Waals surface area contributed by atoms with Crippen LogP contribution in [0.15, 0.2) is 48.5 Å². The van der Waals surface area contributed by atoms with Crippen molar-refractivity contribution in [3.63, 3.8) is 0 Å². The lowest BCUT2D eigenvalue weighted by Gasteiger charge is -2.37. The number of para-hydroxylation sites is 2. The number of hydrogen-bond acceptors (Lipinski definition) is 6. The Morgan fingerprint density at radius 3 is 2.23 bits per heavy atom. The number of benzene rings is 2. The number of piperazine rings is 1. The van der Waals surface area contributed by atoms with Gasteiger partial charge in [0.15, 0.2) is 0 Å². The fourth-order valence-electron chi connectivity index (χ4n) is 3.71. The van der Waals surface area contributed by atoms with Gasteiger partial charge < -0.3 is 19.3 Å². The third kappa shape index (κ3) is 6.11. The van der Waals surface area contributed by atoms with Crippen molar-refractivity contribution in [2.75, 3.05) is 51.6 Å². The first kappa shape index (κ1) is 22.9. The van der Waals surface area contributed by atoms with Gasteiger partial charge in [0.25, 0.3) is 0 Å². The highest BCUT2D eigenvalue weighted by molar-refractivity contribution is 7.88. The zero-order valence-electron chi connectivity index (χ0n) is 18.1. The van der Waals surface area contributed by atoms with Crippen LogP contribution < -0.4 is 19.1 Å². The molecule has 2 aromatic carbocycles. The summed E-state index contributed by atoms with van der Waals surface area (Å²) < 4.78 is 36.9. The summed E-state index contributed by atoms with van der Waals surface area (Å²) in [5, 5.41) is 0. The van der Waals surface area contributed by atoms with Crippen molar-refractivity contribution in [1.82, 2.24) is 9.62 Å². The summed E-state index contributed by atoms with van der Waals surface area (Å²) in [6.45, 7) is 2.48. The first-order valence-corrected chi connectivity index (χ1v) is 12.0. The lowest BCUT2D eigenvalue weighted by molar-refractivity contribution is -0.132. The quantitative estimate of drug-likeness (QED) is 0.666. The van der Waals surface area contributed by atoms with Crippen LogP contribution in [-0.4, -0.2) is 65.9 Å². The van der Waals surface area contributed by atoms with E-state index in [2.05, 4.69) is 9.62 Å². The molecule has 31 heavy (non-hydrogen) atoms. The van der Waals surface area contributed by atoms with Gasteiger partial charge in [0.2, 0.25) is 15.9 Å². The molecule has 1 aliphatic heterocycles. The van der Waals surface area contributed by atoms with Gasteiger partial charge in [-0.25, -0.2) is 13.1 Å². The molecule has 0 bridgehead atoms. The van der Waals surface area contributed by atoms with Crippen LogP contribution in [0.5, 0.6) is 11.5 Å². The van der Waals surface area contributed by atoms with Gasteiger partial charge in [0, 0.05) is 32.6 Å². The Morgan fingerprint density at radius 1 is 1.00 bits per heavy atom. The number of nitrogens with zero attached hydrogens (tertiary/aromatic N) is 2. The van der Waals surface area contributed by atoms with E-state index in [9.17, 15) is 13.2 Å². The van der Waals surface area contributed by atoms with Crippen molar-refractivity contribution >= 4 is 21.6 Å². The lowest BCUT2D eigenvalue weighted by atomic mass is 10.0. The van der Waals surface area contributed by atoms with E-state index in [0.29, 0.717) is 37.5 Å². The fourth-order valence-corrected chi connectivity index (χ4v) is 4.45. The minimum absolute atomic E-state index is 0.0497. The molecule has 1 atom stereocenters. The van der Waals surface area contributed by atoms with Crippen LogP contribution in [0.3, 0.4) is 0 Å². The molecule has 9 heteroatoms. The van der Waals surface area contributed by atoms with Gasteiger partial charge in [-0.1, -0.05) is 24.3 Å². The maximum atomic E-state index is 13.0. The minimum Gasteiger partial charge on any atom is -0.497 e. The van der Waals surface area contributed by atoms with E-state index in [1.807, 2.05) is 24.3 Å².